The topological polar surface area (TPSA) is 72.2 Å². The van der Waals surface area contributed by atoms with E-state index >= 15 is 0 Å². The number of likely N-dealkylation sites (tertiary alicyclic amines) is 1. The van der Waals surface area contributed by atoms with E-state index in [1.165, 1.54) is 0 Å². The number of fused-ring (bicyclic) bond motifs is 1. The number of halogens is 3. The molecule has 3 aliphatic heterocycles. The summed E-state index contributed by atoms with van der Waals surface area (Å²) in [5, 5.41) is 24.9. The Bertz CT molecular complexity index is 888. The lowest BCUT2D eigenvalue weighted by atomic mass is 9.87. The number of ether oxygens (including phenoxy) is 1. The zero-order valence-corrected chi connectivity index (χ0v) is 17.3. The summed E-state index contributed by atoms with van der Waals surface area (Å²) in [6.07, 6.45) is 1.27. The third kappa shape index (κ3) is 3.86. The van der Waals surface area contributed by atoms with Crippen LogP contribution in [0.2, 0.25) is 0 Å². The summed E-state index contributed by atoms with van der Waals surface area (Å²) in [5.41, 5.74) is -1.05. The van der Waals surface area contributed by atoms with Gasteiger partial charge >= 0.3 is 0 Å². The molecule has 0 aliphatic carbocycles. The molecule has 0 radical (unpaired) electrons. The SMILES string of the molecule is CC(C)(O)CN1N=CC2(C)CN(C3COC(c4cc(F)c(F)cc4F)C(=N)C3)CC12. The minimum absolute atomic E-state index is 0.0677. The van der Waals surface area contributed by atoms with Crippen molar-refractivity contribution in [2.75, 3.05) is 26.2 Å². The number of nitrogens with zero attached hydrogens (tertiary/aromatic N) is 3. The minimum Gasteiger partial charge on any atom is -0.389 e. The Morgan fingerprint density at radius 1 is 1.27 bits per heavy atom. The normalized spacial score (nSPS) is 32.2. The third-order valence-corrected chi connectivity index (χ3v) is 6.19. The van der Waals surface area contributed by atoms with E-state index in [1.807, 2.05) is 11.2 Å². The summed E-state index contributed by atoms with van der Waals surface area (Å²) in [7, 11) is 0. The Labute approximate surface area is 173 Å². The molecule has 1 aromatic carbocycles. The van der Waals surface area contributed by atoms with Crippen molar-refractivity contribution in [1.29, 1.82) is 5.41 Å². The minimum atomic E-state index is -1.26. The van der Waals surface area contributed by atoms with Gasteiger partial charge < -0.3 is 15.3 Å². The van der Waals surface area contributed by atoms with Crippen molar-refractivity contribution in [3.8, 4) is 0 Å². The molecule has 0 bridgehead atoms. The smallest absolute Gasteiger partial charge is 0.161 e. The van der Waals surface area contributed by atoms with E-state index in [2.05, 4.69) is 16.9 Å². The molecular weight excluding hydrogens is 397 g/mol. The van der Waals surface area contributed by atoms with E-state index in [1.54, 1.807) is 13.8 Å². The van der Waals surface area contributed by atoms with Crippen LogP contribution in [0, 0.1) is 28.3 Å². The van der Waals surface area contributed by atoms with Crippen LogP contribution in [0.3, 0.4) is 0 Å². The third-order valence-electron chi connectivity index (χ3n) is 6.19. The summed E-state index contributed by atoms with van der Waals surface area (Å²) in [6.45, 7) is 7.74. The van der Waals surface area contributed by atoms with Gasteiger partial charge in [-0.1, -0.05) is 6.92 Å². The van der Waals surface area contributed by atoms with Crippen molar-refractivity contribution in [2.24, 2.45) is 10.5 Å². The van der Waals surface area contributed by atoms with Gasteiger partial charge in [0.15, 0.2) is 11.6 Å². The fraction of sp³-hybridized carbons (Fsp3) is 0.619. The first-order valence-corrected chi connectivity index (χ1v) is 10.1. The maximum Gasteiger partial charge on any atom is 0.161 e. The number of benzene rings is 1. The van der Waals surface area contributed by atoms with Gasteiger partial charge in [-0.2, -0.15) is 5.10 Å². The van der Waals surface area contributed by atoms with Crippen LogP contribution in [-0.2, 0) is 4.74 Å². The number of hydrogen-bond acceptors (Lipinski definition) is 6. The van der Waals surface area contributed by atoms with Crippen LogP contribution in [0.4, 0.5) is 13.2 Å². The van der Waals surface area contributed by atoms with E-state index in [0.29, 0.717) is 25.6 Å². The molecule has 6 nitrogen and oxygen atoms in total. The second kappa shape index (κ2) is 7.32. The average Bonchev–Trinajstić information content (AvgIpc) is 3.12. The van der Waals surface area contributed by atoms with Crippen molar-refractivity contribution in [3.05, 3.63) is 35.1 Å². The lowest BCUT2D eigenvalue weighted by Gasteiger charge is -2.36. The van der Waals surface area contributed by atoms with Crippen molar-refractivity contribution >= 4 is 11.9 Å². The van der Waals surface area contributed by atoms with E-state index in [-0.39, 0.29) is 35.4 Å². The molecule has 0 spiro atoms. The fourth-order valence-electron chi connectivity index (χ4n) is 4.69. The summed E-state index contributed by atoms with van der Waals surface area (Å²) in [6, 6.07) is 1.31. The molecule has 0 amide bonds. The fourth-order valence-corrected chi connectivity index (χ4v) is 4.69. The predicted octanol–water partition coefficient (Wildman–Crippen LogP) is 2.72. The second-order valence-corrected chi connectivity index (χ2v) is 9.49. The van der Waals surface area contributed by atoms with Crippen LogP contribution in [0.15, 0.2) is 17.2 Å². The monoisotopic (exact) mass is 424 g/mol. The summed E-state index contributed by atoms with van der Waals surface area (Å²) >= 11 is 0. The predicted molar refractivity (Wildman–Crippen MR) is 106 cm³/mol. The number of rotatable bonds is 4. The largest absolute Gasteiger partial charge is 0.389 e. The van der Waals surface area contributed by atoms with Crippen molar-refractivity contribution in [3.63, 3.8) is 0 Å². The lowest BCUT2D eigenvalue weighted by molar-refractivity contribution is 0.0118. The van der Waals surface area contributed by atoms with Gasteiger partial charge in [0.25, 0.3) is 0 Å². The van der Waals surface area contributed by atoms with Crippen LogP contribution >= 0.6 is 0 Å². The van der Waals surface area contributed by atoms with Crippen molar-refractivity contribution in [2.45, 2.75) is 51.0 Å². The van der Waals surface area contributed by atoms with Crippen LogP contribution < -0.4 is 0 Å². The highest BCUT2D eigenvalue weighted by Crippen LogP contribution is 2.40. The number of β-amino-alcohol motifs (C(OH)–C–C–N with tert-alkyl or cyclic N) is 1. The Morgan fingerprint density at radius 3 is 2.63 bits per heavy atom. The molecule has 4 rings (SSSR count). The molecule has 1 aromatic rings. The Kier molecular flexibility index (Phi) is 5.19. The summed E-state index contributed by atoms with van der Waals surface area (Å²) in [5.74, 6) is -3.33. The molecule has 30 heavy (non-hydrogen) atoms. The first kappa shape index (κ1) is 21.3. The Hall–Kier alpha value is -1.97. The van der Waals surface area contributed by atoms with Gasteiger partial charge in [0, 0.05) is 54.5 Å². The maximum absolute atomic E-state index is 14.1. The highest BCUT2D eigenvalue weighted by Gasteiger charge is 2.51. The number of nitrogens with one attached hydrogen (secondary N) is 1. The lowest BCUT2D eigenvalue weighted by Crippen LogP contribution is -2.46. The highest BCUT2D eigenvalue weighted by molar-refractivity contribution is 5.88. The van der Waals surface area contributed by atoms with E-state index in [0.717, 1.165) is 12.6 Å². The summed E-state index contributed by atoms with van der Waals surface area (Å²) < 4.78 is 46.7. The van der Waals surface area contributed by atoms with Crippen LogP contribution in [0.1, 0.15) is 38.9 Å². The molecule has 2 fully saturated rings. The number of hydrogen-bond donors (Lipinski definition) is 2. The number of aliphatic hydroxyl groups is 1. The van der Waals surface area contributed by atoms with Gasteiger partial charge in [-0.15, -0.1) is 0 Å². The molecule has 2 N–H and O–H groups in total. The Balaban J connectivity index is 1.44. The van der Waals surface area contributed by atoms with E-state index < -0.39 is 29.2 Å². The van der Waals surface area contributed by atoms with Crippen LogP contribution in [0.5, 0.6) is 0 Å². The van der Waals surface area contributed by atoms with Gasteiger partial charge in [0.1, 0.15) is 11.9 Å². The molecule has 4 unspecified atom stereocenters. The molecule has 3 heterocycles. The molecule has 9 heteroatoms. The average molecular weight is 424 g/mol. The van der Waals surface area contributed by atoms with Crippen LogP contribution in [0.25, 0.3) is 0 Å². The first-order chi connectivity index (χ1) is 14.0. The van der Waals surface area contributed by atoms with E-state index in [4.69, 9.17) is 10.1 Å². The second-order valence-electron chi connectivity index (χ2n) is 9.49. The van der Waals surface area contributed by atoms with Gasteiger partial charge in [-0.25, -0.2) is 13.2 Å². The quantitative estimate of drug-likeness (QED) is 0.729. The van der Waals surface area contributed by atoms with Crippen molar-refractivity contribution in [1.82, 2.24) is 9.91 Å². The maximum atomic E-state index is 14.1. The van der Waals surface area contributed by atoms with Gasteiger partial charge in [-0.05, 0) is 19.9 Å². The summed E-state index contributed by atoms with van der Waals surface area (Å²) in [4.78, 5) is 2.24. The zero-order valence-electron chi connectivity index (χ0n) is 17.3. The van der Waals surface area contributed by atoms with Gasteiger partial charge in [0.05, 0.1) is 24.8 Å². The zero-order chi connectivity index (χ0) is 21.8. The number of hydrazone groups is 1. The van der Waals surface area contributed by atoms with Crippen LogP contribution in [-0.4, -0.2) is 70.9 Å². The molecule has 0 saturated carbocycles. The standard InChI is InChI=1S/C21H27F3N4O2/c1-20(2,29)10-28-18-7-27(11-21(18,3)9-26-28)12-4-17(25)19(30-8-12)13-5-15(23)16(24)6-14(13)22/h5-6,9,12,18-19,25,29H,4,7-8,10-11H2,1-3H3. The molecule has 3 aliphatic rings. The van der Waals surface area contributed by atoms with Gasteiger partial charge in [0.2, 0.25) is 0 Å². The molecule has 164 valence electrons. The first-order valence-electron chi connectivity index (χ1n) is 10.1. The van der Waals surface area contributed by atoms with E-state index in [9.17, 15) is 18.3 Å². The molecule has 0 aromatic heterocycles. The van der Waals surface area contributed by atoms with Gasteiger partial charge in [-0.3, -0.25) is 9.91 Å². The Morgan fingerprint density at radius 2 is 1.97 bits per heavy atom. The molecule has 4 atom stereocenters. The molecule has 2 saturated heterocycles. The highest BCUT2D eigenvalue weighted by atomic mass is 19.2. The molecular formula is C21H27F3N4O2. The van der Waals surface area contributed by atoms with Crippen molar-refractivity contribution < 1.29 is 23.0 Å².